The Morgan fingerprint density at radius 1 is 1.03 bits per heavy atom. The Kier molecular flexibility index (Phi) is 7.16. The highest BCUT2D eigenvalue weighted by atomic mass is 16.5. The summed E-state index contributed by atoms with van der Waals surface area (Å²) in [5, 5.41) is 5.96. The molecule has 3 N–H and O–H groups in total. The number of hydrogen-bond donors (Lipinski definition) is 2. The molecule has 2 aromatic carbocycles. The van der Waals surface area contributed by atoms with Crippen LogP contribution in [-0.2, 0) is 0 Å². The highest BCUT2D eigenvalue weighted by Gasteiger charge is 2.31. The van der Waals surface area contributed by atoms with E-state index >= 15 is 0 Å². The summed E-state index contributed by atoms with van der Waals surface area (Å²) in [6.45, 7) is 9.15. The van der Waals surface area contributed by atoms with Gasteiger partial charge in [-0.15, -0.1) is 0 Å². The maximum Gasteiger partial charge on any atom is 0.215 e. The number of nitrogens with zero attached hydrogens (tertiary/aromatic N) is 4. The molecule has 4 rings (SSSR count). The number of hydrogen-bond acceptors (Lipinski definition) is 8. The van der Waals surface area contributed by atoms with Crippen molar-refractivity contribution in [2.45, 2.75) is 6.42 Å². The third-order valence-corrected chi connectivity index (χ3v) is 6.00. The summed E-state index contributed by atoms with van der Waals surface area (Å²) in [5.41, 5.74) is 7.34. The number of ether oxygens (including phenoxy) is 1. The number of Topliss-reactive ketones (excluding diaryl/α,β-unsaturated/α-hetero) is 1. The number of hydrazine groups is 1. The highest BCUT2D eigenvalue weighted by Crippen LogP contribution is 2.28. The maximum absolute atomic E-state index is 12.7. The molecule has 1 heterocycles. The van der Waals surface area contributed by atoms with Crippen LogP contribution in [0.25, 0.3) is 5.57 Å². The van der Waals surface area contributed by atoms with E-state index in [1.807, 2.05) is 36.4 Å². The molecule has 1 saturated heterocycles. The minimum Gasteiger partial charge on any atom is -0.495 e. The van der Waals surface area contributed by atoms with Crippen LogP contribution in [0.3, 0.4) is 0 Å². The summed E-state index contributed by atoms with van der Waals surface area (Å²) < 4.78 is 5.49. The van der Waals surface area contributed by atoms with Crippen molar-refractivity contribution in [2.75, 3.05) is 51.3 Å². The molecule has 172 valence electrons. The third kappa shape index (κ3) is 4.81. The number of fused-ring (bicyclic) bond motifs is 1. The van der Waals surface area contributed by atoms with Gasteiger partial charge in [0.2, 0.25) is 5.78 Å². The van der Waals surface area contributed by atoms with Crippen LogP contribution in [-0.4, -0.2) is 68.6 Å². The normalized spacial score (nSPS) is 19.2. The van der Waals surface area contributed by atoms with E-state index in [0.717, 1.165) is 56.1 Å². The number of carbonyl (C=O) groups excluding carboxylic acids is 1. The van der Waals surface area contributed by atoms with Crippen molar-refractivity contribution >= 4 is 28.5 Å². The topological polar surface area (TPSA) is 95.6 Å². The monoisotopic (exact) mass is 446 g/mol. The van der Waals surface area contributed by atoms with Crippen molar-refractivity contribution in [1.29, 1.82) is 0 Å². The zero-order chi connectivity index (χ0) is 23.2. The van der Waals surface area contributed by atoms with Gasteiger partial charge in [0.25, 0.3) is 0 Å². The number of piperazine rings is 1. The van der Waals surface area contributed by atoms with Crippen LogP contribution in [0.4, 0.5) is 5.69 Å². The van der Waals surface area contributed by atoms with E-state index in [2.05, 4.69) is 38.1 Å². The van der Waals surface area contributed by atoms with E-state index in [1.165, 1.54) is 0 Å². The molecular weight excluding hydrogens is 416 g/mol. The number of nitrogens with one attached hydrogen (secondary N) is 1. The van der Waals surface area contributed by atoms with Crippen molar-refractivity contribution in [1.82, 2.24) is 10.4 Å². The van der Waals surface area contributed by atoms with E-state index in [9.17, 15) is 4.79 Å². The van der Waals surface area contributed by atoms with Gasteiger partial charge in [-0.3, -0.25) is 15.2 Å². The number of nitrogens with two attached hydrogens (primary N) is 1. The Morgan fingerprint density at radius 2 is 1.73 bits per heavy atom. The molecule has 33 heavy (non-hydrogen) atoms. The summed E-state index contributed by atoms with van der Waals surface area (Å²) in [7, 11) is 1.71. The molecule has 2 aromatic rings. The number of rotatable bonds is 7. The summed E-state index contributed by atoms with van der Waals surface area (Å²) in [6, 6.07) is 15.5. The maximum atomic E-state index is 12.7. The van der Waals surface area contributed by atoms with Crippen LogP contribution >= 0.6 is 0 Å². The fraction of sp³-hybridized carbons (Fsp3) is 0.320. The van der Waals surface area contributed by atoms with Gasteiger partial charge in [-0.1, -0.05) is 43.0 Å². The molecule has 0 amide bonds. The molecule has 0 radical (unpaired) electrons. The molecule has 1 fully saturated rings. The molecular formula is C25H30N6O2. The number of carbonyl (C=O) groups is 1. The summed E-state index contributed by atoms with van der Waals surface area (Å²) in [6.07, 6.45) is 0.817. The molecule has 1 aliphatic heterocycles. The Balaban J connectivity index is 1.27. The lowest BCUT2D eigenvalue weighted by molar-refractivity contribution is 0.106. The predicted molar refractivity (Wildman–Crippen MR) is 133 cm³/mol. The van der Waals surface area contributed by atoms with Crippen molar-refractivity contribution in [3.8, 4) is 5.75 Å². The number of aliphatic imine (C=N–C) groups is 1. The van der Waals surface area contributed by atoms with Gasteiger partial charge >= 0.3 is 0 Å². The van der Waals surface area contributed by atoms with E-state index in [1.54, 1.807) is 13.2 Å². The predicted octanol–water partition coefficient (Wildman–Crippen LogP) is 2.38. The first kappa shape index (κ1) is 22.7. The molecule has 8 nitrogen and oxygen atoms in total. The van der Waals surface area contributed by atoms with Crippen LogP contribution in [0, 0.1) is 0 Å². The highest BCUT2D eigenvalue weighted by molar-refractivity contribution is 6.80. The van der Waals surface area contributed by atoms with Gasteiger partial charge in [0.1, 0.15) is 5.75 Å². The van der Waals surface area contributed by atoms with Crippen molar-refractivity contribution < 1.29 is 9.53 Å². The molecule has 0 aromatic heterocycles. The first-order valence-electron chi connectivity index (χ1n) is 11.2. The number of ketones is 1. The number of anilines is 1. The number of methoxy groups -OCH3 is 1. The van der Waals surface area contributed by atoms with Crippen LogP contribution in [0.15, 0.2) is 65.2 Å². The third-order valence-electron chi connectivity index (χ3n) is 6.00. The van der Waals surface area contributed by atoms with Gasteiger partial charge in [-0.25, -0.2) is 5.01 Å². The second-order valence-corrected chi connectivity index (χ2v) is 7.97. The van der Waals surface area contributed by atoms with Crippen molar-refractivity contribution in [2.24, 2.45) is 15.9 Å². The Labute approximate surface area is 194 Å². The molecule has 0 unspecified atom stereocenters. The van der Waals surface area contributed by atoms with Crippen molar-refractivity contribution in [3.05, 3.63) is 66.2 Å². The summed E-state index contributed by atoms with van der Waals surface area (Å²) in [5.74, 6) is 6.22. The average Bonchev–Trinajstić information content (AvgIpc) is 2.87. The molecule has 1 aliphatic carbocycles. The van der Waals surface area contributed by atoms with Crippen LogP contribution in [0.5, 0.6) is 5.75 Å². The Hall–Kier alpha value is -3.49. The molecule has 8 heteroatoms. The fourth-order valence-corrected chi connectivity index (χ4v) is 4.24. The molecule has 0 saturated carbocycles. The lowest BCUT2D eigenvalue weighted by Gasteiger charge is -2.36. The number of hydrazone groups is 1. The molecule has 0 spiro atoms. The van der Waals surface area contributed by atoms with Crippen LogP contribution in [0.2, 0.25) is 0 Å². The number of para-hydroxylation sites is 2. The smallest absolute Gasteiger partial charge is 0.215 e. The second-order valence-electron chi connectivity index (χ2n) is 7.97. The lowest BCUT2D eigenvalue weighted by Crippen LogP contribution is -2.52. The zero-order valence-electron chi connectivity index (χ0n) is 19.0. The van der Waals surface area contributed by atoms with Gasteiger partial charge in [-0.2, -0.15) is 5.10 Å². The minimum atomic E-state index is -0.203. The van der Waals surface area contributed by atoms with E-state index in [-0.39, 0.29) is 11.5 Å². The van der Waals surface area contributed by atoms with Crippen LogP contribution in [0.1, 0.15) is 22.3 Å². The van der Waals surface area contributed by atoms with Gasteiger partial charge in [-0.05, 0) is 24.1 Å². The molecule has 0 atom stereocenters. The first-order chi connectivity index (χ1) is 16.1. The zero-order valence-corrected chi connectivity index (χ0v) is 19.0. The summed E-state index contributed by atoms with van der Waals surface area (Å²) in [4.78, 5) is 19.7. The standard InChI is InChI=1S/C25H30N6O2/c1-18-19-8-3-4-9-20(19)25(32)24(29-26)23(18)27-12-7-13-28-31-16-14-30(15-17-31)21-10-5-6-11-22(21)33-2/h3-6,8-11,28H,1,7,12-17,26H2,2H3. The number of benzene rings is 2. The molecule has 0 bridgehead atoms. The first-order valence-corrected chi connectivity index (χ1v) is 11.2. The number of allylic oxidation sites excluding steroid dienone is 1. The van der Waals surface area contributed by atoms with Gasteiger partial charge in [0.05, 0.1) is 18.5 Å². The van der Waals surface area contributed by atoms with Crippen molar-refractivity contribution in [3.63, 3.8) is 0 Å². The fourth-order valence-electron chi connectivity index (χ4n) is 4.24. The average molecular weight is 447 g/mol. The van der Waals surface area contributed by atoms with Gasteiger partial charge in [0.15, 0.2) is 5.71 Å². The van der Waals surface area contributed by atoms with E-state index in [0.29, 0.717) is 23.4 Å². The molecule has 2 aliphatic rings. The van der Waals surface area contributed by atoms with Gasteiger partial charge < -0.3 is 15.5 Å². The minimum absolute atomic E-state index is 0.180. The Bertz CT molecular complexity index is 1090. The second kappa shape index (κ2) is 10.4. The Morgan fingerprint density at radius 3 is 2.45 bits per heavy atom. The summed E-state index contributed by atoms with van der Waals surface area (Å²) >= 11 is 0. The van der Waals surface area contributed by atoms with Gasteiger partial charge in [0, 0.05) is 50.4 Å². The van der Waals surface area contributed by atoms with E-state index < -0.39 is 0 Å². The lowest BCUT2D eigenvalue weighted by atomic mass is 9.84. The SMILES string of the molecule is C=C1C(=NCCCNN2CCN(c3ccccc3OC)CC2)C(=NN)C(=O)c2ccccc21. The van der Waals surface area contributed by atoms with Crippen LogP contribution < -0.4 is 20.9 Å². The quantitative estimate of drug-likeness (QED) is 0.385. The van der Waals surface area contributed by atoms with E-state index in [4.69, 9.17) is 10.6 Å². The largest absolute Gasteiger partial charge is 0.495 e.